The summed E-state index contributed by atoms with van der Waals surface area (Å²) in [5.41, 5.74) is 3.87. The van der Waals surface area contributed by atoms with Gasteiger partial charge >= 0.3 is 0 Å². The predicted octanol–water partition coefficient (Wildman–Crippen LogP) is 6.97. The third kappa shape index (κ3) is 7.18. The first kappa shape index (κ1) is 28.1. The lowest BCUT2D eigenvalue weighted by Gasteiger charge is -2.28. The maximum atomic E-state index is 14.8. The van der Waals surface area contributed by atoms with Crippen LogP contribution in [0.25, 0.3) is 11.6 Å². The van der Waals surface area contributed by atoms with Crippen molar-refractivity contribution in [2.45, 2.75) is 13.1 Å². The van der Waals surface area contributed by atoms with Gasteiger partial charge in [-0.3, -0.25) is 4.79 Å². The highest BCUT2D eigenvalue weighted by molar-refractivity contribution is 14.2. The minimum absolute atomic E-state index is 0.0398. The first-order valence-corrected chi connectivity index (χ1v) is 14.9. The quantitative estimate of drug-likeness (QED) is 0.111. The average molecular weight is 658 g/mol. The molecular weight excluding hydrogens is 633 g/mol. The molecule has 0 spiro atoms. The van der Waals surface area contributed by atoms with Gasteiger partial charge < -0.3 is 9.80 Å². The number of halogens is 3. The fourth-order valence-corrected chi connectivity index (χ4v) is 6.24. The Labute approximate surface area is 247 Å². The van der Waals surface area contributed by atoms with E-state index in [1.165, 1.54) is 12.1 Å². The molecule has 0 fully saturated rings. The van der Waals surface area contributed by atoms with Gasteiger partial charge in [0.15, 0.2) is 0 Å². The molecule has 0 saturated heterocycles. The average Bonchev–Trinajstić information content (AvgIpc) is 3.44. The summed E-state index contributed by atoms with van der Waals surface area (Å²) >= 11 is -0.752. The van der Waals surface area contributed by atoms with Gasteiger partial charge in [-0.15, -0.1) is 0 Å². The number of benzene rings is 4. The van der Waals surface area contributed by atoms with Crippen LogP contribution in [-0.4, -0.2) is 32.2 Å². The smallest absolute Gasteiger partial charge is 0.255 e. The summed E-state index contributed by atoms with van der Waals surface area (Å²) in [6, 6.07) is 31.8. The second-order valence-corrected chi connectivity index (χ2v) is 11.6. The van der Waals surface area contributed by atoms with Crippen LogP contribution in [0.5, 0.6) is 0 Å². The van der Waals surface area contributed by atoms with Gasteiger partial charge in [-0.25, -0.2) is 12.0 Å². The molecule has 204 valence electrons. The topological polar surface area (TPSA) is 59.7 Å². The summed E-state index contributed by atoms with van der Waals surface area (Å²) in [5, 5.41) is 9.11. The van der Waals surface area contributed by atoms with Crippen LogP contribution in [0.15, 0.2) is 106 Å². The van der Waals surface area contributed by atoms with Crippen LogP contribution in [0.3, 0.4) is 0 Å². The fourth-order valence-electron chi connectivity index (χ4n) is 4.35. The number of hydrogen-bond donors (Lipinski definition) is 0. The molecule has 5 rings (SSSR count). The van der Waals surface area contributed by atoms with Crippen LogP contribution in [-0.2, 0) is 17.9 Å². The number of rotatable bonds is 9. The van der Waals surface area contributed by atoms with Crippen molar-refractivity contribution >= 4 is 48.5 Å². The van der Waals surface area contributed by atoms with Crippen molar-refractivity contribution in [2.24, 2.45) is 3.21 Å². The van der Waals surface area contributed by atoms with Crippen molar-refractivity contribution in [2.75, 3.05) is 6.54 Å². The molecule has 0 atom stereocenters. The third-order valence-corrected chi connectivity index (χ3v) is 8.53. The number of carbonyl (C=O) groups is 1. The van der Waals surface area contributed by atoms with Crippen molar-refractivity contribution in [1.82, 2.24) is 9.80 Å². The normalized spacial score (nSPS) is 12.9. The highest BCUT2D eigenvalue weighted by atomic mass is 127. The predicted molar refractivity (Wildman–Crippen MR) is 167 cm³/mol. The maximum Gasteiger partial charge on any atom is 0.255 e. The van der Waals surface area contributed by atoms with Crippen molar-refractivity contribution in [1.29, 1.82) is 5.26 Å². The van der Waals surface area contributed by atoms with E-state index in [-0.39, 0.29) is 24.6 Å². The van der Waals surface area contributed by atoms with Crippen LogP contribution in [0.1, 0.15) is 27.8 Å². The molecule has 0 bridgehead atoms. The van der Waals surface area contributed by atoms with E-state index in [0.29, 0.717) is 17.7 Å². The van der Waals surface area contributed by atoms with Crippen LogP contribution in [0.2, 0.25) is 0 Å². The molecular formula is C33H25F2IN4O. The van der Waals surface area contributed by atoms with Crippen molar-refractivity contribution in [3.05, 3.63) is 143 Å². The Balaban J connectivity index is 1.48. The van der Waals surface area contributed by atoms with Gasteiger partial charge in [-0.1, -0.05) is 78.9 Å². The zero-order valence-electron chi connectivity index (χ0n) is 21.9. The number of nitrogens with zero attached hydrogens (tertiary/aromatic N) is 4. The van der Waals surface area contributed by atoms with E-state index >= 15 is 0 Å². The monoisotopic (exact) mass is 658 g/mol. The molecule has 41 heavy (non-hydrogen) atoms. The molecule has 0 unspecified atom stereocenters. The summed E-state index contributed by atoms with van der Waals surface area (Å²) in [5.74, 6) is -1.64. The second kappa shape index (κ2) is 13.2. The third-order valence-electron chi connectivity index (χ3n) is 6.49. The minimum Gasteiger partial charge on any atom is -0.328 e. The lowest BCUT2D eigenvalue weighted by atomic mass is 10.0. The molecule has 1 aliphatic heterocycles. The second-order valence-electron chi connectivity index (χ2n) is 9.34. The van der Waals surface area contributed by atoms with Crippen molar-refractivity contribution in [3.63, 3.8) is 0 Å². The van der Waals surface area contributed by atoms with E-state index in [4.69, 9.17) is 5.26 Å². The standard InChI is InChI=1S/C33H25F2IN4O/c34-29-16-15-28(31(35)18-29)21-39(22-32-36-38-23-40(32)20-26-13-11-25(19-37)12-14-26)33(41)30(27-9-5-2-6-10-27)17-24-7-3-1-4-8-24/h1-18,23H,20-22H2/b30-17+. The van der Waals surface area contributed by atoms with Crippen molar-refractivity contribution < 1.29 is 13.6 Å². The molecule has 4 aromatic rings. The molecule has 4 aromatic carbocycles. The maximum absolute atomic E-state index is 14.8. The largest absolute Gasteiger partial charge is 0.328 e. The molecule has 0 N–H and O–H groups in total. The summed E-state index contributed by atoms with van der Waals surface area (Å²) in [4.78, 5) is 17.9. The van der Waals surface area contributed by atoms with Gasteiger partial charge in [0, 0.05) is 51.3 Å². The Kier molecular flexibility index (Phi) is 9.06. The molecule has 0 saturated carbocycles. The minimum atomic E-state index is -0.752. The SMILES string of the molecule is N#Cc1ccc(CN2C=NI=C2CN(Cc2ccc(F)cc2F)C(=O)/C(=C/c2ccccc2)c2ccccc2)cc1. The molecule has 1 aliphatic rings. The van der Waals surface area contributed by atoms with E-state index in [0.717, 1.165) is 26.4 Å². The van der Waals surface area contributed by atoms with Crippen LogP contribution in [0.4, 0.5) is 8.78 Å². The highest BCUT2D eigenvalue weighted by Gasteiger charge is 2.25. The molecule has 0 aliphatic carbocycles. The lowest BCUT2D eigenvalue weighted by molar-refractivity contribution is -0.124. The van der Waals surface area contributed by atoms with Crippen LogP contribution in [0, 0.1) is 23.0 Å². The van der Waals surface area contributed by atoms with E-state index in [9.17, 15) is 13.6 Å². The number of nitriles is 1. The van der Waals surface area contributed by atoms with E-state index in [1.54, 1.807) is 23.4 Å². The number of amides is 1. The molecule has 1 heterocycles. The zero-order valence-corrected chi connectivity index (χ0v) is 24.1. The van der Waals surface area contributed by atoms with Gasteiger partial charge in [0.2, 0.25) is 0 Å². The van der Waals surface area contributed by atoms with Gasteiger partial charge in [0.1, 0.15) is 18.0 Å². The number of hydrogen-bond acceptors (Lipinski definition) is 4. The van der Waals surface area contributed by atoms with Crippen LogP contribution >= 0.6 is 21.0 Å². The first-order chi connectivity index (χ1) is 20.0. The number of carbonyl (C=O) groups excluding carboxylic acids is 1. The van der Waals surface area contributed by atoms with E-state index < -0.39 is 32.6 Å². The summed E-state index contributed by atoms with van der Waals surface area (Å²) < 4.78 is 34.0. The summed E-state index contributed by atoms with van der Waals surface area (Å²) in [6.45, 7) is 0.725. The summed E-state index contributed by atoms with van der Waals surface area (Å²) in [7, 11) is 0. The molecule has 8 heteroatoms. The highest BCUT2D eigenvalue weighted by Crippen LogP contribution is 2.25. The zero-order chi connectivity index (χ0) is 28.6. The van der Waals surface area contributed by atoms with Gasteiger partial charge in [0.05, 0.1) is 21.8 Å². The van der Waals surface area contributed by atoms with Gasteiger partial charge in [-0.2, -0.15) is 5.26 Å². The molecule has 0 aromatic heterocycles. The van der Waals surface area contributed by atoms with Crippen LogP contribution < -0.4 is 0 Å². The molecule has 5 nitrogen and oxygen atoms in total. The molecule has 1 amide bonds. The van der Waals surface area contributed by atoms with E-state index in [1.807, 2.05) is 83.8 Å². The van der Waals surface area contributed by atoms with Gasteiger partial charge in [0.25, 0.3) is 5.91 Å². The Morgan fingerprint density at radius 2 is 1.63 bits per heavy atom. The summed E-state index contributed by atoms with van der Waals surface area (Å²) in [6.07, 6.45) is 3.62. The Morgan fingerprint density at radius 1 is 0.927 bits per heavy atom. The fraction of sp³-hybridized carbons (Fsp3) is 0.0909. The van der Waals surface area contributed by atoms with Gasteiger partial charge in [-0.05, 0) is 41.0 Å². The Morgan fingerprint density at radius 3 is 2.32 bits per heavy atom. The first-order valence-electron chi connectivity index (χ1n) is 12.8. The van der Waals surface area contributed by atoms with E-state index in [2.05, 4.69) is 9.28 Å². The molecule has 0 radical (unpaired) electrons. The Hall–Kier alpha value is -4.49. The van der Waals surface area contributed by atoms with Crippen molar-refractivity contribution in [3.8, 4) is 6.07 Å². The lowest BCUT2D eigenvalue weighted by Crippen LogP contribution is -2.40. The Bertz CT molecular complexity index is 1660.